The lowest BCUT2D eigenvalue weighted by atomic mass is 10.2. The van der Waals surface area contributed by atoms with Crippen molar-refractivity contribution in [2.75, 3.05) is 7.11 Å². The van der Waals surface area contributed by atoms with E-state index in [9.17, 15) is 4.79 Å². The average Bonchev–Trinajstić information content (AvgIpc) is 3.19. The van der Waals surface area contributed by atoms with Crippen LogP contribution in [0.2, 0.25) is 0 Å². The molecule has 22 heavy (non-hydrogen) atoms. The lowest BCUT2D eigenvalue weighted by Crippen LogP contribution is -2.19. The Kier molecular flexibility index (Phi) is 3.96. The van der Waals surface area contributed by atoms with Crippen LogP contribution in [0.4, 0.5) is 0 Å². The number of hydrogen-bond donors (Lipinski definition) is 1. The molecule has 0 aliphatic rings. The molecule has 1 N–H and O–H groups in total. The summed E-state index contributed by atoms with van der Waals surface area (Å²) < 4.78 is 16.1. The molecule has 3 aromatic rings. The van der Waals surface area contributed by atoms with Gasteiger partial charge in [0, 0.05) is 11.5 Å². The standard InChI is InChI=1S/C17H15NO4/c1-20-15-6-2-4-12-10-13(22-17(12)15)7-8-16(19)18-11-14-5-3-9-21-14/h2-10H,11H2,1H3,(H,18,19)/b8-7+. The molecule has 5 heteroatoms. The first-order valence-corrected chi connectivity index (χ1v) is 6.81. The lowest BCUT2D eigenvalue weighted by Gasteiger charge is -1.98. The zero-order valence-electron chi connectivity index (χ0n) is 12.0. The van der Waals surface area contributed by atoms with Gasteiger partial charge in [-0.25, -0.2) is 0 Å². The van der Waals surface area contributed by atoms with E-state index in [2.05, 4.69) is 5.32 Å². The molecular formula is C17H15NO4. The molecule has 0 aliphatic heterocycles. The smallest absolute Gasteiger partial charge is 0.244 e. The number of fused-ring (bicyclic) bond motifs is 1. The summed E-state index contributed by atoms with van der Waals surface area (Å²) in [4.78, 5) is 11.7. The second-order valence-corrected chi connectivity index (χ2v) is 4.66. The molecule has 5 nitrogen and oxygen atoms in total. The Morgan fingerprint density at radius 1 is 1.32 bits per heavy atom. The third-order valence-electron chi connectivity index (χ3n) is 3.16. The maximum absolute atomic E-state index is 11.7. The highest BCUT2D eigenvalue weighted by molar-refractivity contribution is 5.92. The fourth-order valence-corrected chi connectivity index (χ4v) is 2.10. The van der Waals surface area contributed by atoms with Crippen LogP contribution in [-0.2, 0) is 11.3 Å². The number of rotatable bonds is 5. The van der Waals surface area contributed by atoms with Gasteiger partial charge in [-0.2, -0.15) is 0 Å². The summed E-state index contributed by atoms with van der Waals surface area (Å²) in [7, 11) is 1.59. The molecule has 1 amide bonds. The quantitative estimate of drug-likeness (QED) is 0.733. The number of amides is 1. The van der Waals surface area contributed by atoms with Crippen molar-refractivity contribution in [2.24, 2.45) is 0 Å². The van der Waals surface area contributed by atoms with Crippen LogP contribution in [0.3, 0.4) is 0 Å². The maximum atomic E-state index is 11.7. The third-order valence-corrected chi connectivity index (χ3v) is 3.16. The molecule has 0 saturated heterocycles. The normalized spacial score (nSPS) is 11.1. The van der Waals surface area contributed by atoms with E-state index >= 15 is 0 Å². The average molecular weight is 297 g/mol. The minimum Gasteiger partial charge on any atom is -0.493 e. The number of carbonyl (C=O) groups excluding carboxylic acids is 1. The highest BCUT2D eigenvalue weighted by Crippen LogP contribution is 2.28. The van der Waals surface area contributed by atoms with Crippen molar-refractivity contribution in [1.82, 2.24) is 5.32 Å². The second-order valence-electron chi connectivity index (χ2n) is 4.66. The number of nitrogens with one attached hydrogen (secondary N) is 1. The summed E-state index contributed by atoms with van der Waals surface area (Å²) >= 11 is 0. The number of benzene rings is 1. The number of ether oxygens (including phenoxy) is 1. The summed E-state index contributed by atoms with van der Waals surface area (Å²) in [5.41, 5.74) is 0.667. The Labute approximate surface area is 127 Å². The van der Waals surface area contributed by atoms with Gasteiger partial charge in [0.25, 0.3) is 0 Å². The molecule has 0 aliphatic carbocycles. The van der Waals surface area contributed by atoms with Crippen LogP contribution in [0.5, 0.6) is 5.75 Å². The predicted molar refractivity (Wildman–Crippen MR) is 82.4 cm³/mol. The number of carbonyl (C=O) groups is 1. The van der Waals surface area contributed by atoms with Crippen LogP contribution < -0.4 is 10.1 Å². The highest BCUT2D eigenvalue weighted by Gasteiger charge is 2.07. The summed E-state index contributed by atoms with van der Waals surface area (Å²) in [6, 6.07) is 11.1. The van der Waals surface area contributed by atoms with Gasteiger partial charge in [-0.1, -0.05) is 12.1 Å². The van der Waals surface area contributed by atoms with Gasteiger partial charge in [0.15, 0.2) is 11.3 Å². The topological polar surface area (TPSA) is 64.6 Å². The zero-order chi connectivity index (χ0) is 15.4. The second kappa shape index (κ2) is 6.22. The molecule has 0 atom stereocenters. The van der Waals surface area contributed by atoms with Gasteiger partial charge in [0.1, 0.15) is 11.5 Å². The molecule has 0 saturated carbocycles. The Balaban J connectivity index is 1.68. The number of hydrogen-bond acceptors (Lipinski definition) is 4. The van der Waals surface area contributed by atoms with E-state index in [1.165, 1.54) is 6.08 Å². The van der Waals surface area contributed by atoms with Crippen LogP contribution in [0, 0.1) is 0 Å². The summed E-state index contributed by atoms with van der Waals surface area (Å²) in [6.45, 7) is 0.351. The third kappa shape index (κ3) is 3.03. The highest BCUT2D eigenvalue weighted by atomic mass is 16.5. The lowest BCUT2D eigenvalue weighted by molar-refractivity contribution is -0.116. The van der Waals surface area contributed by atoms with Gasteiger partial charge in [0.2, 0.25) is 5.91 Å². The monoisotopic (exact) mass is 297 g/mol. The van der Waals surface area contributed by atoms with Crippen molar-refractivity contribution in [2.45, 2.75) is 6.54 Å². The van der Waals surface area contributed by atoms with Gasteiger partial charge in [-0.05, 0) is 30.3 Å². The van der Waals surface area contributed by atoms with Gasteiger partial charge in [0.05, 0.1) is 19.9 Å². The minimum atomic E-state index is -0.219. The van der Waals surface area contributed by atoms with Crippen molar-refractivity contribution < 1.29 is 18.4 Å². The number of furan rings is 2. The SMILES string of the molecule is COc1cccc2cc(/C=C/C(=O)NCc3ccco3)oc12. The molecule has 0 bridgehead atoms. The molecule has 2 aromatic heterocycles. The van der Waals surface area contributed by atoms with Crippen LogP contribution in [0.1, 0.15) is 11.5 Å². The minimum absolute atomic E-state index is 0.219. The first-order valence-electron chi connectivity index (χ1n) is 6.81. The van der Waals surface area contributed by atoms with Gasteiger partial charge in [-0.3, -0.25) is 4.79 Å². The van der Waals surface area contributed by atoms with Crippen LogP contribution in [0.15, 0.2) is 57.6 Å². The van der Waals surface area contributed by atoms with E-state index in [1.807, 2.05) is 24.3 Å². The van der Waals surface area contributed by atoms with Gasteiger partial charge in [-0.15, -0.1) is 0 Å². The van der Waals surface area contributed by atoms with E-state index in [0.29, 0.717) is 29.4 Å². The van der Waals surface area contributed by atoms with E-state index in [4.69, 9.17) is 13.6 Å². The molecule has 1 aromatic carbocycles. The molecule has 0 radical (unpaired) electrons. The van der Waals surface area contributed by atoms with Gasteiger partial charge < -0.3 is 18.9 Å². The van der Waals surface area contributed by atoms with E-state index < -0.39 is 0 Å². The largest absolute Gasteiger partial charge is 0.493 e. The maximum Gasteiger partial charge on any atom is 0.244 e. The van der Waals surface area contributed by atoms with Gasteiger partial charge >= 0.3 is 0 Å². The first-order chi connectivity index (χ1) is 10.8. The molecule has 112 valence electrons. The first kappa shape index (κ1) is 14.0. The summed E-state index contributed by atoms with van der Waals surface area (Å²) in [5.74, 6) is 1.74. The molecule has 0 unspecified atom stereocenters. The predicted octanol–water partition coefficient (Wildman–Crippen LogP) is 3.36. The Hall–Kier alpha value is -2.95. The van der Waals surface area contributed by atoms with Crippen LogP contribution in [-0.4, -0.2) is 13.0 Å². The van der Waals surface area contributed by atoms with Crippen molar-refractivity contribution in [3.8, 4) is 5.75 Å². The Bertz CT molecular complexity index is 799. The molecule has 3 rings (SSSR count). The van der Waals surface area contributed by atoms with Crippen molar-refractivity contribution in [3.63, 3.8) is 0 Å². The summed E-state index contributed by atoms with van der Waals surface area (Å²) in [6.07, 6.45) is 4.61. The van der Waals surface area contributed by atoms with E-state index in [0.717, 1.165) is 5.39 Å². The molecule has 0 fully saturated rings. The molecule has 0 spiro atoms. The molecule has 2 heterocycles. The Morgan fingerprint density at radius 3 is 3.00 bits per heavy atom. The van der Waals surface area contributed by atoms with Crippen molar-refractivity contribution in [3.05, 3.63) is 60.3 Å². The molecular weight excluding hydrogens is 282 g/mol. The summed E-state index contributed by atoms with van der Waals surface area (Å²) in [5, 5.41) is 3.65. The van der Waals surface area contributed by atoms with E-state index in [1.54, 1.807) is 31.6 Å². The van der Waals surface area contributed by atoms with E-state index in [-0.39, 0.29) is 5.91 Å². The zero-order valence-corrected chi connectivity index (χ0v) is 12.0. The fraction of sp³-hybridized carbons (Fsp3) is 0.118. The van der Waals surface area contributed by atoms with Crippen molar-refractivity contribution >= 4 is 23.0 Å². The number of para-hydroxylation sites is 1. The van der Waals surface area contributed by atoms with Crippen molar-refractivity contribution in [1.29, 1.82) is 0 Å². The number of methoxy groups -OCH3 is 1. The van der Waals surface area contributed by atoms with Crippen LogP contribution >= 0.6 is 0 Å². The van der Waals surface area contributed by atoms with Crippen LogP contribution in [0.25, 0.3) is 17.0 Å². The Morgan fingerprint density at radius 2 is 2.23 bits per heavy atom. The fourth-order valence-electron chi connectivity index (χ4n) is 2.10.